The van der Waals surface area contributed by atoms with Crippen LogP contribution < -0.4 is 4.74 Å². The Morgan fingerprint density at radius 1 is 0.900 bits per heavy atom. The molecule has 0 radical (unpaired) electrons. The van der Waals surface area contributed by atoms with Crippen molar-refractivity contribution in [1.29, 1.82) is 0 Å². The van der Waals surface area contributed by atoms with Crippen molar-refractivity contribution < 1.29 is 28.4 Å². The molecule has 1 aliphatic heterocycles. The topological polar surface area (TPSA) is 55.4 Å². The maximum Gasteiger partial charge on any atom is 0.387 e. The van der Waals surface area contributed by atoms with Gasteiger partial charge in [-0.15, -0.1) is 0 Å². The van der Waals surface area contributed by atoms with E-state index in [0.29, 0.717) is 5.75 Å². The van der Waals surface area contributed by atoms with E-state index in [1.165, 1.54) is 28.4 Å². The average molecular weight is 284 g/mol. The number of methoxy groups -OCH3 is 5. The summed E-state index contributed by atoms with van der Waals surface area (Å²) in [7, 11) is 7.45. The van der Waals surface area contributed by atoms with Crippen molar-refractivity contribution in [2.24, 2.45) is 0 Å². The lowest BCUT2D eigenvalue weighted by Crippen LogP contribution is -2.67. The predicted molar refractivity (Wildman–Crippen MR) is 70.3 cm³/mol. The molecule has 1 aromatic carbocycles. The standard InChI is InChI=1S/C14H20O6/c1-15-12-10-8-6-7-9-11(10)20-14(18-4,19-5)13(12,16-2)17-3/h6-9,12H,1-5H3. The molecular formula is C14H20O6. The highest BCUT2D eigenvalue weighted by Gasteiger charge is 2.66. The molecule has 112 valence electrons. The molecule has 0 saturated heterocycles. The zero-order valence-corrected chi connectivity index (χ0v) is 12.3. The Balaban J connectivity index is 2.67. The molecule has 0 saturated carbocycles. The van der Waals surface area contributed by atoms with E-state index in [1.54, 1.807) is 7.11 Å². The van der Waals surface area contributed by atoms with Gasteiger partial charge in [-0.1, -0.05) is 18.2 Å². The summed E-state index contributed by atoms with van der Waals surface area (Å²) in [5, 5.41) is 0. The Morgan fingerprint density at radius 3 is 2.00 bits per heavy atom. The molecule has 20 heavy (non-hydrogen) atoms. The molecule has 1 atom stereocenters. The van der Waals surface area contributed by atoms with Crippen LogP contribution in [0.2, 0.25) is 0 Å². The van der Waals surface area contributed by atoms with Gasteiger partial charge in [-0.05, 0) is 6.07 Å². The van der Waals surface area contributed by atoms with Crippen LogP contribution >= 0.6 is 0 Å². The Kier molecular flexibility index (Phi) is 4.31. The smallest absolute Gasteiger partial charge is 0.387 e. The molecule has 6 nitrogen and oxygen atoms in total. The molecule has 0 spiro atoms. The van der Waals surface area contributed by atoms with Crippen LogP contribution in [0.15, 0.2) is 24.3 Å². The summed E-state index contributed by atoms with van der Waals surface area (Å²) >= 11 is 0. The van der Waals surface area contributed by atoms with Crippen molar-refractivity contribution in [2.75, 3.05) is 35.5 Å². The number of ether oxygens (including phenoxy) is 6. The fourth-order valence-corrected chi connectivity index (χ4v) is 2.65. The van der Waals surface area contributed by atoms with Crippen molar-refractivity contribution in [3.8, 4) is 5.75 Å². The molecule has 2 rings (SSSR count). The fraction of sp³-hybridized carbons (Fsp3) is 0.571. The van der Waals surface area contributed by atoms with Crippen LogP contribution in [0.1, 0.15) is 11.7 Å². The number of benzene rings is 1. The minimum absolute atomic E-state index is 0.581. The Hall–Kier alpha value is -1.18. The van der Waals surface area contributed by atoms with Crippen molar-refractivity contribution in [3.05, 3.63) is 29.8 Å². The van der Waals surface area contributed by atoms with E-state index in [2.05, 4.69) is 0 Å². The maximum absolute atomic E-state index is 5.87. The second-order valence-electron chi connectivity index (χ2n) is 4.30. The third kappa shape index (κ3) is 1.84. The van der Waals surface area contributed by atoms with Crippen LogP contribution in [-0.4, -0.2) is 47.3 Å². The normalized spacial score (nSPS) is 22.9. The highest BCUT2D eigenvalue weighted by atomic mass is 16.9. The first-order valence-electron chi connectivity index (χ1n) is 6.16. The average Bonchev–Trinajstić information content (AvgIpc) is 2.52. The number of para-hydroxylation sites is 1. The fourth-order valence-electron chi connectivity index (χ4n) is 2.65. The Morgan fingerprint density at radius 2 is 1.50 bits per heavy atom. The third-order valence-electron chi connectivity index (χ3n) is 3.60. The molecule has 1 aromatic rings. The van der Waals surface area contributed by atoms with Gasteiger partial charge in [0, 0.05) is 41.1 Å². The highest BCUT2D eigenvalue weighted by Crippen LogP contribution is 2.50. The summed E-state index contributed by atoms with van der Waals surface area (Å²) in [5.74, 6) is -2.39. The van der Waals surface area contributed by atoms with Crippen LogP contribution in [0.4, 0.5) is 0 Å². The van der Waals surface area contributed by atoms with Crippen molar-refractivity contribution in [1.82, 2.24) is 0 Å². The molecule has 1 unspecified atom stereocenters. The van der Waals surface area contributed by atoms with E-state index in [0.717, 1.165) is 5.56 Å². The van der Waals surface area contributed by atoms with E-state index >= 15 is 0 Å². The molecule has 0 bridgehead atoms. The van der Waals surface area contributed by atoms with E-state index in [-0.39, 0.29) is 0 Å². The minimum atomic E-state index is -1.58. The zero-order valence-electron chi connectivity index (χ0n) is 12.3. The van der Waals surface area contributed by atoms with Gasteiger partial charge in [0.15, 0.2) is 0 Å². The Labute approximate surface area is 118 Å². The molecule has 6 heteroatoms. The van der Waals surface area contributed by atoms with Crippen LogP contribution in [-0.2, 0) is 23.7 Å². The van der Waals surface area contributed by atoms with Crippen molar-refractivity contribution >= 4 is 0 Å². The summed E-state index contributed by atoms with van der Waals surface area (Å²) < 4.78 is 33.5. The maximum atomic E-state index is 5.87. The van der Waals surface area contributed by atoms with Gasteiger partial charge in [-0.2, -0.15) is 0 Å². The van der Waals surface area contributed by atoms with Crippen LogP contribution in [0.3, 0.4) is 0 Å². The number of hydrogen-bond acceptors (Lipinski definition) is 6. The highest BCUT2D eigenvalue weighted by molar-refractivity contribution is 5.39. The SMILES string of the molecule is COC1c2ccccc2OC(OC)(OC)C1(OC)OC. The molecule has 0 amide bonds. The van der Waals surface area contributed by atoms with Crippen LogP contribution in [0, 0.1) is 0 Å². The quantitative estimate of drug-likeness (QED) is 0.767. The zero-order chi connectivity index (χ0) is 14.8. The lowest BCUT2D eigenvalue weighted by atomic mass is 9.94. The third-order valence-corrected chi connectivity index (χ3v) is 3.60. The molecule has 1 aliphatic rings. The van der Waals surface area contributed by atoms with E-state index in [1.807, 2.05) is 24.3 Å². The first kappa shape index (κ1) is 15.2. The number of fused-ring (bicyclic) bond motifs is 1. The molecular weight excluding hydrogens is 264 g/mol. The summed E-state index contributed by atoms with van der Waals surface area (Å²) in [6, 6.07) is 7.43. The summed E-state index contributed by atoms with van der Waals surface area (Å²) in [4.78, 5) is 0. The molecule has 0 aromatic heterocycles. The minimum Gasteiger partial charge on any atom is -0.435 e. The van der Waals surface area contributed by atoms with Crippen molar-refractivity contribution in [3.63, 3.8) is 0 Å². The van der Waals surface area contributed by atoms with Crippen LogP contribution in [0.5, 0.6) is 5.75 Å². The van der Waals surface area contributed by atoms with E-state index < -0.39 is 17.9 Å². The summed E-state index contributed by atoms with van der Waals surface area (Å²) in [6.07, 6.45) is -0.581. The molecule has 0 fully saturated rings. The second-order valence-corrected chi connectivity index (χ2v) is 4.30. The van der Waals surface area contributed by atoms with E-state index in [9.17, 15) is 0 Å². The van der Waals surface area contributed by atoms with Gasteiger partial charge in [0.25, 0.3) is 5.79 Å². The monoisotopic (exact) mass is 284 g/mol. The van der Waals surface area contributed by atoms with Crippen LogP contribution in [0.25, 0.3) is 0 Å². The predicted octanol–water partition coefficient (Wildman–Crippen LogP) is 1.70. The van der Waals surface area contributed by atoms with Gasteiger partial charge in [0.1, 0.15) is 11.9 Å². The van der Waals surface area contributed by atoms with E-state index in [4.69, 9.17) is 28.4 Å². The summed E-state index contributed by atoms with van der Waals surface area (Å²) in [5.41, 5.74) is 0.795. The number of hydrogen-bond donors (Lipinski definition) is 0. The molecule has 0 N–H and O–H groups in total. The van der Waals surface area contributed by atoms with Gasteiger partial charge in [-0.25, -0.2) is 0 Å². The largest absolute Gasteiger partial charge is 0.435 e. The molecule has 0 aliphatic carbocycles. The Bertz CT molecular complexity index is 453. The first-order chi connectivity index (χ1) is 9.64. The van der Waals surface area contributed by atoms with Gasteiger partial charge in [-0.3, -0.25) is 0 Å². The molecule has 1 heterocycles. The lowest BCUT2D eigenvalue weighted by Gasteiger charge is -2.50. The number of rotatable bonds is 5. The second kappa shape index (κ2) is 5.67. The first-order valence-corrected chi connectivity index (χ1v) is 6.16. The van der Waals surface area contributed by atoms with Gasteiger partial charge in [0.2, 0.25) is 0 Å². The summed E-state index contributed by atoms with van der Waals surface area (Å²) in [6.45, 7) is 0. The van der Waals surface area contributed by atoms with Gasteiger partial charge >= 0.3 is 5.97 Å². The van der Waals surface area contributed by atoms with Gasteiger partial charge in [0.05, 0.1) is 0 Å². The van der Waals surface area contributed by atoms with Crippen molar-refractivity contribution in [2.45, 2.75) is 17.9 Å². The van der Waals surface area contributed by atoms with Gasteiger partial charge < -0.3 is 28.4 Å². The lowest BCUT2D eigenvalue weighted by molar-refractivity contribution is -0.483.